The topological polar surface area (TPSA) is 67.0 Å². The first kappa shape index (κ1) is 15.1. The van der Waals surface area contributed by atoms with Crippen LogP contribution in [0.25, 0.3) is 21.8 Å². The molecule has 0 saturated carbocycles. The number of hydrogen-bond donors (Lipinski definition) is 2. The van der Waals surface area contributed by atoms with E-state index >= 15 is 0 Å². The lowest BCUT2D eigenvalue weighted by Crippen LogP contribution is -2.31. The van der Waals surface area contributed by atoms with Crippen LogP contribution in [0.15, 0.2) is 36.5 Å². The van der Waals surface area contributed by atoms with Crippen LogP contribution in [0.4, 0.5) is 0 Å². The standard InChI is InChI=1S/C19H21N3O2/c23-19(21-11-14-4-3-9-24-14)8-7-13-10-16-15-5-1-2-6-17(15)22-18(16)12-20-13/h1-2,5-6,10,12,14,22H,3-4,7-9,11H2,(H,21,23). The highest BCUT2D eigenvalue weighted by Gasteiger charge is 2.16. The minimum absolute atomic E-state index is 0.0614. The maximum absolute atomic E-state index is 12.0. The summed E-state index contributed by atoms with van der Waals surface area (Å²) in [6, 6.07) is 10.3. The maximum atomic E-state index is 12.0. The molecule has 0 radical (unpaired) electrons. The Morgan fingerprint density at radius 3 is 3.08 bits per heavy atom. The zero-order valence-corrected chi connectivity index (χ0v) is 13.5. The number of carbonyl (C=O) groups excluding carboxylic acids is 1. The number of benzene rings is 1. The highest BCUT2D eigenvalue weighted by Crippen LogP contribution is 2.25. The van der Waals surface area contributed by atoms with Gasteiger partial charge in [0.15, 0.2) is 0 Å². The molecule has 1 unspecified atom stereocenters. The Morgan fingerprint density at radius 2 is 2.21 bits per heavy atom. The number of amides is 1. The second-order valence-electron chi connectivity index (χ2n) is 6.33. The first-order chi connectivity index (χ1) is 11.8. The molecule has 2 N–H and O–H groups in total. The van der Waals surface area contributed by atoms with Crippen LogP contribution < -0.4 is 5.32 Å². The summed E-state index contributed by atoms with van der Waals surface area (Å²) in [6.07, 6.45) is 5.28. The van der Waals surface area contributed by atoms with Crippen LogP contribution in [0.2, 0.25) is 0 Å². The number of rotatable bonds is 5. The van der Waals surface area contributed by atoms with Crippen molar-refractivity contribution in [3.05, 3.63) is 42.2 Å². The Hall–Kier alpha value is -2.40. The molecule has 5 nitrogen and oxygen atoms in total. The Morgan fingerprint density at radius 1 is 1.29 bits per heavy atom. The van der Waals surface area contributed by atoms with Gasteiger partial charge in [-0.15, -0.1) is 0 Å². The Bertz CT molecular complexity index is 865. The van der Waals surface area contributed by atoms with Crippen molar-refractivity contribution < 1.29 is 9.53 Å². The van der Waals surface area contributed by atoms with Gasteiger partial charge in [-0.3, -0.25) is 9.78 Å². The highest BCUT2D eigenvalue weighted by atomic mass is 16.5. The fourth-order valence-electron chi connectivity index (χ4n) is 3.29. The van der Waals surface area contributed by atoms with E-state index in [1.54, 1.807) is 0 Å². The largest absolute Gasteiger partial charge is 0.376 e. The first-order valence-electron chi connectivity index (χ1n) is 8.53. The minimum Gasteiger partial charge on any atom is -0.376 e. The SMILES string of the molecule is O=C(CCc1cc2c(cn1)[nH]c1ccccc12)NCC1CCCO1. The number of aromatic amines is 1. The molecular formula is C19H21N3O2. The van der Waals surface area contributed by atoms with Gasteiger partial charge in [0, 0.05) is 41.6 Å². The lowest BCUT2D eigenvalue weighted by Gasteiger charge is -2.10. The number of nitrogens with one attached hydrogen (secondary N) is 2. The first-order valence-corrected chi connectivity index (χ1v) is 8.53. The van der Waals surface area contributed by atoms with Gasteiger partial charge in [-0.05, 0) is 31.4 Å². The van der Waals surface area contributed by atoms with Crippen molar-refractivity contribution in [1.29, 1.82) is 0 Å². The van der Waals surface area contributed by atoms with Crippen molar-refractivity contribution in [2.24, 2.45) is 0 Å². The summed E-state index contributed by atoms with van der Waals surface area (Å²) in [6.45, 7) is 1.43. The summed E-state index contributed by atoms with van der Waals surface area (Å²) in [4.78, 5) is 19.8. The molecule has 1 aliphatic heterocycles. The highest BCUT2D eigenvalue weighted by molar-refractivity contribution is 6.06. The lowest BCUT2D eigenvalue weighted by molar-refractivity contribution is -0.121. The molecule has 1 amide bonds. The molecule has 24 heavy (non-hydrogen) atoms. The van der Waals surface area contributed by atoms with Crippen LogP contribution in [0.3, 0.4) is 0 Å². The second-order valence-corrected chi connectivity index (χ2v) is 6.33. The van der Waals surface area contributed by atoms with Crippen LogP contribution in [-0.2, 0) is 16.0 Å². The predicted octanol–water partition coefficient (Wildman–Crippen LogP) is 2.94. The third-order valence-corrected chi connectivity index (χ3v) is 4.61. The number of nitrogens with zero attached hydrogens (tertiary/aromatic N) is 1. The van der Waals surface area contributed by atoms with Crippen LogP contribution in [-0.4, -0.2) is 35.1 Å². The monoisotopic (exact) mass is 323 g/mol. The quantitative estimate of drug-likeness (QED) is 0.758. The summed E-state index contributed by atoms with van der Waals surface area (Å²) in [5.41, 5.74) is 3.09. The molecule has 124 valence electrons. The fourth-order valence-corrected chi connectivity index (χ4v) is 3.29. The van der Waals surface area contributed by atoms with Crippen molar-refractivity contribution in [3.63, 3.8) is 0 Å². The van der Waals surface area contributed by atoms with Gasteiger partial charge in [0.25, 0.3) is 0 Å². The molecule has 1 aliphatic rings. The van der Waals surface area contributed by atoms with Gasteiger partial charge >= 0.3 is 0 Å². The lowest BCUT2D eigenvalue weighted by atomic mass is 10.1. The second kappa shape index (κ2) is 6.61. The number of aryl methyl sites for hydroxylation is 1. The van der Waals surface area contributed by atoms with Gasteiger partial charge < -0.3 is 15.0 Å². The number of para-hydroxylation sites is 1. The van der Waals surface area contributed by atoms with Crippen LogP contribution in [0.5, 0.6) is 0 Å². The van der Waals surface area contributed by atoms with E-state index < -0.39 is 0 Å². The predicted molar refractivity (Wildman–Crippen MR) is 93.9 cm³/mol. The average Bonchev–Trinajstić information content (AvgIpc) is 3.25. The van der Waals surface area contributed by atoms with E-state index in [1.807, 2.05) is 18.3 Å². The third-order valence-electron chi connectivity index (χ3n) is 4.61. The molecule has 5 heteroatoms. The van der Waals surface area contributed by atoms with E-state index in [2.05, 4.69) is 33.5 Å². The third kappa shape index (κ3) is 3.12. The Kier molecular flexibility index (Phi) is 4.17. The van der Waals surface area contributed by atoms with Gasteiger partial charge in [0.2, 0.25) is 5.91 Å². The van der Waals surface area contributed by atoms with Crippen molar-refractivity contribution in [2.75, 3.05) is 13.2 Å². The van der Waals surface area contributed by atoms with Gasteiger partial charge in [-0.1, -0.05) is 18.2 Å². The number of ether oxygens (including phenoxy) is 1. The van der Waals surface area contributed by atoms with Crippen LogP contribution in [0, 0.1) is 0 Å². The summed E-state index contributed by atoms with van der Waals surface area (Å²) < 4.78 is 5.52. The van der Waals surface area contributed by atoms with Crippen molar-refractivity contribution in [1.82, 2.24) is 15.3 Å². The minimum atomic E-state index is 0.0614. The molecule has 1 fully saturated rings. The summed E-state index contributed by atoms with van der Waals surface area (Å²) in [7, 11) is 0. The Labute approximate surface area is 140 Å². The van der Waals surface area contributed by atoms with Crippen molar-refractivity contribution in [3.8, 4) is 0 Å². The fraction of sp³-hybridized carbons (Fsp3) is 0.368. The molecule has 3 aromatic rings. The molecule has 1 aromatic carbocycles. The number of pyridine rings is 1. The van der Waals surface area contributed by atoms with Gasteiger partial charge in [-0.25, -0.2) is 0 Å². The van der Waals surface area contributed by atoms with E-state index in [4.69, 9.17) is 4.74 Å². The summed E-state index contributed by atoms with van der Waals surface area (Å²) in [5, 5.41) is 5.31. The number of aromatic nitrogens is 2. The number of hydrogen-bond acceptors (Lipinski definition) is 3. The number of carbonyl (C=O) groups is 1. The van der Waals surface area contributed by atoms with E-state index in [-0.39, 0.29) is 12.0 Å². The van der Waals surface area contributed by atoms with Crippen molar-refractivity contribution >= 4 is 27.7 Å². The molecular weight excluding hydrogens is 302 g/mol. The van der Waals surface area contributed by atoms with Crippen LogP contribution >= 0.6 is 0 Å². The molecule has 2 aromatic heterocycles. The van der Waals surface area contributed by atoms with Gasteiger partial charge in [-0.2, -0.15) is 0 Å². The molecule has 0 bridgehead atoms. The molecule has 1 saturated heterocycles. The smallest absolute Gasteiger partial charge is 0.220 e. The molecule has 3 heterocycles. The van der Waals surface area contributed by atoms with E-state index in [0.717, 1.165) is 41.6 Å². The zero-order valence-electron chi connectivity index (χ0n) is 13.5. The molecule has 0 aliphatic carbocycles. The molecule has 4 rings (SSSR count). The van der Waals surface area contributed by atoms with E-state index in [9.17, 15) is 4.79 Å². The summed E-state index contributed by atoms with van der Waals surface area (Å²) in [5.74, 6) is 0.0614. The number of H-pyrrole nitrogens is 1. The van der Waals surface area contributed by atoms with E-state index in [0.29, 0.717) is 19.4 Å². The zero-order chi connectivity index (χ0) is 16.4. The molecule has 1 atom stereocenters. The average molecular weight is 323 g/mol. The normalized spacial score (nSPS) is 17.6. The van der Waals surface area contributed by atoms with Crippen molar-refractivity contribution in [2.45, 2.75) is 31.8 Å². The summed E-state index contributed by atoms with van der Waals surface area (Å²) >= 11 is 0. The van der Waals surface area contributed by atoms with Gasteiger partial charge in [0.05, 0.1) is 17.8 Å². The van der Waals surface area contributed by atoms with Crippen LogP contribution in [0.1, 0.15) is 25.0 Å². The number of fused-ring (bicyclic) bond motifs is 3. The van der Waals surface area contributed by atoms with E-state index in [1.165, 1.54) is 5.39 Å². The molecule has 0 spiro atoms. The van der Waals surface area contributed by atoms with Gasteiger partial charge in [0.1, 0.15) is 0 Å². The Balaban J connectivity index is 1.40. The maximum Gasteiger partial charge on any atom is 0.220 e.